The van der Waals surface area contributed by atoms with Crippen LogP contribution in [-0.2, 0) is 19.1 Å². The highest BCUT2D eigenvalue weighted by Crippen LogP contribution is 2.31. The van der Waals surface area contributed by atoms with E-state index in [4.69, 9.17) is 18.9 Å². The highest BCUT2D eigenvalue weighted by molar-refractivity contribution is 5.81. The number of unbranched alkanes of at least 4 members (excludes halogenated alkanes) is 3. The van der Waals surface area contributed by atoms with Crippen molar-refractivity contribution < 1.29 is 28.5 Å². The predicted octanol–water partition coefficient (Wildman–Crippen LogP) is 5.88. The zero-order valence-electron chi connectivity index (χ0n) is 20.5. The van der Waals surface area contributed by atoms with Crippen LogP contribution in [-0.4, -0.2) is 37.4 Å². The summed E-state index contributed by atoms with van der Waals surface area (Å²) < 4.78 is 22.2. The molecule has 0 aliphatic heterocycles. The van der Waals surface area contributed by atoms with Gasteiger partial charge in [-0.05, 0) is 102 Å². The molecule has 6 nitrogen and oxygen atoms in total. The maximum Gasteiger partial charge on any atom is 0.330 e. The second-order valence-corrected chi connectivity index (χ2v) is 9.67. The minimum Gasteiger partial charge on any atom is -0.494 e. The third-order valence-electron chi connectivity index (χ3n) is 5.61. The van der Waals surface area contributed by atoms with Gasteiger partial charge in [0, 0.05) is 6.08 Å². The number of esters is 2. The van der Waals surface area contributed by atoms with E-state index in [0.717, 1.165) is 62.9 Å². The van der Waals surface area contributed by atoms with E-state index in [-0.39, 0.29) is 17.9 Å². The SMILES string of the molecule is C=CC(=O)OCCCCCCOc1ccc(OCC2CCC(C(=O)OC(C)(C)C)CC2)cc1. The molecular formula is C27H40O6. The molecule has 6 heteroatoms. The quantitative estimate of drug-likeness (QED) is 0.208. The average molecular weight is 461 g/mol. The molecule has 0 atom stereocenters. The maximum atomic E-state index is 12.2. The summed E-state index contributed by atoms with van der Waals surface area (Å²) in [6.45, 7) is 10.9. The standard InChI is InChI=1S/C27H40O6/c1-5-25(28)31-19-9-7-6-8-18-30-23-14-16-24(17-15-23)32-20-21-10-12-22(13-11-21)26(29)33-27(2,3)4/h5,14-17,21-22H,1,6-13,18-20H2,2-4H3. The summed E-state index contributed by atoms with van der Waals surface area (Å²) >= 11 is 0. The van der Waals surface area contributed by atoms with Crippen molar-refractivity contribution in [2.75, 3.05) is 19.8 Å². The lowest BCUT2D eigenvalue weighted by Gasteiger charge is -2.29. The van der Waals surface area contributed by atoms with Crippen molar-refractivity contribution in [1.82, 2.24) is 0 Å². The molecule has 0 unspecified atom stereocenters. The van der Waals surface area contributed by atoms with Gasteiger partial charge in [0.2, 0.25) is 0 Å². The van der Waals surface area contributed by atoms with Crippen molar-refractivity contribution in [1.29, 1.82) is 0 Å². The van der Waals surface area contributed by atoms with Crippen LogP contribution in [0, 0.1) is 11.8 Å². The van der Waals surface area contributed by atoms with Gasteiger partial charge < -0.3 is 18.9 Å². The molecule has 0 bridgehead atoms. The molecule has 1 aliphatic rings. The molecule has 1 aromatic carbocycles. The molecule has 1 fully saturated rings. The van der Waals surface area contributed by atoms with Crippen molar-refractivity contribution in [3.05, 3.63) is 36.9 Å². The number of hydrogen-bond donors (Lipinski definition) is 0. The summed E-state index contributed by atoms with van der Waals surface area (Å²) in [6, 6.07) is 7.75. The summed E-state index contributed by atoms with van der Waals surface area (Å²) in [5.74, 6) is 1.74. The molecule has 33 heavy (non-hydrogen) atoms. The van der Waals surface area contributed by atoms with Gasteiger partial charge in [-0.15, -0.1) is 0 Å². The van der Waals surface area contributed by atoms with E-state index in [9.17, 15) is 9.59 Å². The molecule has 2 rings (SSSR count). The highest BCUT2D eigenvalue weighted by atomic mass is 16.6. The Morgan fingerprint density at radius 1 is 0.909 bits per heavy atom. The Balaban J connectivity index is 1.55. The molecular weight excluding hydrogens is 420 g/mol. The third kappa shape index (κ3) is 11.3. The normalized spacial score (nSPS) is 18.3. The first-order valence-electron chi connectivity index (χ1n) is 12.1. The number of carbonyl (C=O) groups is 2. The fourth-order valence-electron chi connectivity index (χ4n) is 3.78. The molecule has 0 aromatic heterocycles. The fraction of sp³-hybridized carbons (Fsp3) is 0.630. The Hall–Kier alpha value is -2.50. The monoisotopic (exact) mass is 460 g/mol. The van der Waals surface area contributed by atoms with Gasteiger partial charge in [0.25, 0.3) is 0 Å². The van der Waals surface area contributed by atoms with E-state index in [1.165, 1.54) is 6.08 Å². The van der Waals surface area contributed by atoms with Crippen LogP contribution < -0.4 is 9.47 Å². The maximum absolute atomic E-state index is 12.2. The molecule has 184 valence electrons. The van der Waals surface area contributed by atoms with Crippen molar-refractivity contribution in [3.8, 4) is 11.5 Å². The van der Waals surface area contributed by atoms with Crippen LogP contribution >= 0.6 is 0 Å². The van der Waals surface area contributed by atoms with Crippen LogP contribution in [0.5, 0.6) is 11.5 Å². The van der Waals surface area contributed by atoms with E-state index in [2.05, 4.69) is 6.58 Å². The molecule has 1 aliphatic carbocycles. The van der Waals surface area contributed by atoms with Crippen molar-refractivity contribution >= 4 is 11.9 Å². The van der Waals surface area contributed by atoms with Crippen LogP contribution in [0.15, 0.2) is 36.9 Å². The molecule has 0 radical (unpaired) electrons. The number of rotatable bonds is 13. The van der Waals surface area contributed by atoms with Crippen LogP contribution in [0.2, 0.25) is 0 Å². The summed E-state index contributed by atoms with van der Waals surface area (Å²) in [7, 11) is 0. The first kappa shape index (κ1) is 26.7. The van der Waals surface area contributed by atoms with Crippen LogP contribution in [0.4, 0.5) is 0 Å². The Kier molecular flexibility index (Phi) is 11.3. The second-order valence-electron chi connectivity index (χ2n) is 9.67. The molecule has 0 spiro atoms. The van der Waals surface area contributed by atoms with Gasteiger partial charge in [0.05, 0.1) is 25.7 Å². The van der Waals surface area contributed by atoms with E-state index >= 15 is 0 Å². The number of benzene rings is 1. The predicted molar refractivity (Wildman–Crippen MR) is 128 cm³/mol. The minimum atomic E-state index is -0.420. The van der Waals surface area contributed by atoms with Crippen molar-refractivity contribution in [2.24, 2.45) is 11.8 Å². The molecule has 0 amide bonds. The first-order chi connectivity index (χ1) is 15.8. The minimum absolute atomic E-state index is 0.0201. The van der Waals surface area contributed by atoms with E-state index in [1.54, 1.807) is 0 Å². The van der Waals surface area contributed by atoms with Crippen molar-refractivity contribution in [3.63, 3.8) is 0 Å². The van der Waals surface area contributed by atoms with Gasteiger partial charge in [0.15, 0.2) is 0 Å². The number of carbonyl (C=O) groups excluding carboxylic acids is 2. The lowest BCUT2D eigenvalue weighted by atomic mass is 9.82. The van der Waals surface area contributed by atoms with Gasteiger partial charge in [-0.25, -0.2) is 4.79 Å². The Labute approximate surface area is 198 Å². The zero-order valence-corrected chi connectivity index (χ0v) is 20.5. The van der Waals surface area contributed by atoms with Crippen LogP contribution in [0.1, 0.15) is 72.1 Å². The Morgan fingerprint density at radius 2 is 1.48 bits per heavy atom. The van der Waals surface area contributed by atoms with Crippen molar-refractivity contribution in [2.45, 2.75) is 77.7 Å². The van der Waals surface area contributed by atoms with Crippen LogP contribution in [0.25, 0.3) is 0 Å². The summed E-state index contributed by atoms with van der Waals surface area (Å²) in [5, 5.41) is 0. The topological polar surface area (TPSA) is 71.1 Å². The average Bonchev–Trinajstić information content (AvgIpc) is 2.79. The second kappa shape index (κ2) is 13.9. The van der Waals surface area contributed by atoms with Crippen LogP contribution in [0.3, 0.4) is 0 Å². The fourth-order valence-corrected chi connectivity index (χ4v) is 3.78. The summed E-state index contributed by atoms with van der Waals surface area (Å²) in [6.07, 6.45) is 8.75. The Bertz CT molecular complexity index is 726. The molecule has 0 heterocycles. The molecule has 0 N–H and O–H groups in total. The summed E-state index contributed by atoms with van der Waals surface area (Å²) in [5.41, 5.74) is -0.420. The largest absolute Gasteiger partial charge is 0.494 e. The molecule has 1 saturated carbocycles. The van der Waals surface area contributed by atoms with Gasteiger partial charge in [-0.1, -0.05) is 6.58 Å². The first-order valence-corrected chi connectivity index (χ1v) is 12.1. The Morgan fingerprint density at radius 3 is 2.06 bits per heavy atom. The lowest BCUT2D eigenvalue weighted by molar-refractivity contribution is -0.161. The molecule has 1 aromatic rings. The van der Waals surface area contributed by atoms with Gasteiger partial charge in [-0.2, -0.15) is 0 Å². The smallest absolute Gasteiger partial charge is 0.330 e. The van der Waals surface area contributed by atoms with E-state index < -0.39 is 5.60 Å². The lowest BCUT2D eigenvalue weighted by Crippen LogP contribution is -2.31. The summed E-state index contributed by atoms with van der Waals surface area (Å²) in [4.78, 5) is 23.2. The zero-order chi connectivity index (χ0) is 24.1. The van der Waals surface area contributed by atoms with E-state index in [0.29, 0.717) is 25.7 Å². The highest BCUT2D eigenvalue weighted by Gasteiger charge is 2.30. The van der Waals surface area contributed by atoms with Gasteiger partial charge >= 0.3 is 11.9 Å². The van der Waals surface area contributed by atoms with Gasteiger partial charge in [-0.3, -0.25) is 4.79 Å². The van der Waals surface area contributed by atoms with E-state index in [1.807, 2.05) is 45.0 Å². The third-order valence-corrected chi connectivity index (χ3v) is 5.61. The number of ether oxygens (including phenoxy) is 4. The number of hydrogen-bond acceptors (Lipinski definition) is 6. The molecule has 0 saturated heterocycles. The van der Waals surface area contributed by atoms with Gasteiger partial charge in [0.1, 0.15) is 17.1 Å².